The van der Waals surface area contributed by atoms with Crippen molar-refractivity contribution in [3.05, 3.63) is 140 Å². The number of hydrogen-bond acceptors (Lipinski definition) is 4. The maximum atomic E-state index is 14.8. The first-order valence-electron chi connectivity index (χ1n) is 13.1. The quantitative estimate of drug-likeness (QED) is 0.245. The van der Waals surface area contributed by atoms with Crippen molar-refractivity contribution in [2.24, 2.45) is 5.92 Å². The van der Waals surface area contributed by atoms with Crippen LogP contribution in [0.2, 0.25) is 15.1 Å². The highest BCUT2D eigenvalue weighted by molar-refractivity contribution is 6.37. The molecule has 4 aromatic carbocycles. The van der Waals surface area contributed by atoms with Gasteiger partial charge in [0.25, 0.3) is 0 Å². The normalized spacial score (nSPS) is 23.6. The smallest absolute Gasteiger partial charge is 0.238 e. The Morgan fingerprint density at radius 3 is 2.29 bits per heavy atom. The number of nitrogens with one attached hydrogen (secondary N) is 1. The van der Waals surface area contributed by atoms with E-state index in [4.69, 9.17) is 34.8 Å². The van der Waals surface area contributed by atoms with E-state index in [1.54, 1.807) is 36.4 Å². The summed E-state index contributed by atoms with van der Waals surface area (Å²) in [6.07, 6.45) is 3.72. The molecular formula is C33H21Cl3N2O3. The summed E-state index contributed by atoms with van der Waals surface area (Å²) in [5.41, 5.74) is 2.03. The van der Waals surface area contributed by atoms with Crippen molar-refractivity contribution in [2.45, 2.75) is 17.5 Å². The molecule has 41 heavy (non-hydrogen) atoms. The molecule has 3 heterocycles. The van der Waals surface area contributed by atoms with Crippen LogP contribution in [0.3, 0.4) is 0 Å². The van der Waals surface area contributed by atoms with Gasteiger partial charge in [-0.15, -0.1) is 0 Å². The zero-order chi connectivity index (χ0) is 28.5. The molecule has 4 atom stereocenters. The van der Waals surface area contributed by atoms with Gasteiger partial charge in [0.05, 0.1) is 22.0 Å². The average Bonchev–Trinajstić information content (AvgIpc) is 3.45. The molecule has 1 spiro atoms. The highest BCUT2D eigenvalue weighted by Gasteiger charge is 2.70. The van der Waals surface area contributed by atoms with Crippen molar-refractivity contribution in [1.82, 2.24) is 4.90 Å². The van der Waals surface area contributed by atoms with Gasteiger partial charge in [0.1, 0.15) is 11.5 Å². The Bertz CT molecular complexity index is 1820. The van der Waals surface area contributed by atoms with E-state index in [1.807, 2.05) is 65.7 Å². The molecule has 3 aliphatic rings. The van der Waals surface area contributed by atoms with Crippen LogP contribution in [-0.2, 0) is 10.2 Å². The molecule has 0 radical (unpaired) electrons. The van der Waals surface area contributed by atoms with Crippen LogP contribution in [0.5, 0.6) is 0 Å². The third-order valence-corrected chi connectivity index (χ3v) is 9.33. The minimum absolute atomic E-state index is 0.168. The van der Waals surface area contributed by atoms with Gasteiger partial charge in [0.2, 0.25) is 5.91 Å². The summed E-state index contributed by atoms with van der Waals surface area (Å²) in [5, 5.41) is 3.83. The summed E-state index contributed by atoms with van der Waals surface area (Å²) in [6.45, 7) is 0. The lowest BCUT2D eigenvalue weighted by molar-refractivity contribution is -0.122. The van der Waals surface area contributed by atoms with Gasteiger partial charge in [0.15, 0.2) is 11.6 Å². The molecule has 4 aromatic rings. The molecular weight excluding hydrogens is 579 g/mol. The summed E-state index contributed by atoms with van der Waals surface area (Å²) in [7, 11) is 0. The van der Waals surface area contributed by atoms with Crippen LogP contribution in [0, 0.1) is 5.92 Å². The summed E-state index contributed by atoms with van der Waals surface area (Å²) in [6, 6.07) is 24.7. The predicted molar refractivity (Wildman–Crippen MR) is 161 cm³/mol. The van der Waals surface area contributed by atoms with Crippen molar-refractivity contribution < 1.29 is 14.4 Å². The topological polar surface area (TPSA) is 66.5 Å². The molecule has 1 N–H and O–H groups in total. The van der Waals surface area contributed by atoms with Gasteiger partial charge in [-0.3, -0.25) is 14.4 Å². The van der Waals surface area contributed by atoms with E-state index in [-0.39, 0.29) is 32.9 Å². The molecule has 1 saturated heterocycles. The molecule has 5 nitrogen and oxygen atoms in total. The predicted octanol–water partition coefficient (Wildman–Crippen LogP) is 7.63. The maximum absolute atomic E-state index is 14.8. The van der Waals surface area contributed by atoms with Crippen LogP contribution in [0.15, 0.2) is 97.2 Å². The summed E-state index contributed by atoms with van der Waals surface area (Å²) < 4.78 is 0. The zero-order valence-electron chi connectivity index (χ0n) is 21.4. The first-order valence-corrected chi connectivity index (χ1v) is 14.2. The summed E-state index contributed by atoms with van der Waals surface area (Å²) in [5.74, 6) is -2.28. The number of nitrogens with zero attached hydrogens (tertiary/aromatic N) is 1. The number of amides is 1. The highest BCUT2D eigenvalue weighted by atomic mass is 35.5. The van der Waals surface area contributed by atoms with E-state index >= 15 is 0 Å². The second-order valence-electron chi connectivity index (χ2n) is 10.4. The van der Waals surface area contributed by atoms with Crippen LogP contribution < -0.4 is 5.32 Å². The van der Waals surface area contributed by atoms with Crippen LogP contribution >= 0.6 is 34.8 Å². The first-order chi connectivity index (χ1) is 19.8. The fraction of sp³-hybridized carbons (Fsp3) is 0.121. The van der Waals surface area contributed by atoms with E-state index in [0.717, 1.165) is 11.1 Å². The SMILES string of the molecule is O=C(c1ccc(Cl)cc1Cl)[C@@H]1[C@H](C(=O)c2ccccc2Cl)[C@@]2(C(=O)Nc3ccccc32)[C@@H]2c3ccccc3C=CN12. The molecule has 0 bridgehead atoms. The summed E-state index contributed by atoms with van der Waals surface area (Å²) >= 11 is 19.3. The number of halogens is 3. The van der Waals surface area contributed by atoms with Gasteiger partial charge in [-0.05, 0) is 59.2 Å². The standard InChI is InChI=1S/C33H21Cl3N2O3/c34-19-13-14-22(25(36)17-19)30(40)28-27(29(39)21-9-3-5-11-24(21)35)33(23-10-4-6-12-26(23)37-32(33)41)31-20-8-2-1-7-18(20)15-16-38(28)31/h1-17,27-28,31H,(H,37,41)/t27-,28+,31+,33-/m1/s1. The van der Waals surface area contributed by atoms with Crippen LogP contribution in [0.4, 0.5) is 5.69 Å². The molecule has 0 aromatic heterocycles. The molecule has 202 valence electrons. The van der Waals surface area contributed by atoms with Crippen molar-refractivity contribution >= 4 is 64.0 Å². The summed E-state index contributed by atoms with van der Waals surface area (Å²) in [4.78, 5) is 45.7. The number of ketones is 2. The zero-order valence-corrected chi connectivity index (χ0v) is 23.6. The minimum Gasteiger partial charge on any atom is -0.358 e. The Morgan fingerprint density at radius 2 is 1.49 bits per heavy atom. The monoisotopic (exact) mass is 598 g/mol. The second kappa shape index (κ2) is 9.59. The number of hydrogen-bond donors (Lipinski definition) is 1. The third-order valence-electron chi connectivity index (χ3n) is 8.46. The van der Waals surface area contributed by atoms with E-state index in [2.05, 4.69) is 5.32 Å². The van der Waals surface area contributed by atoms with Crippen LogP contribution in [0.25, 0.3) is 6.08 Å². The Kier molecular flexibility index (Phi) is 6.09. The number of anilines is 1. The van der Waals surface area contributed by atoms with Crippen molar-refractivity contribution in [3.63, 3.8) is 0 Å². The van der Waals surface area contributed by atoms with Crippen molar-refractivity contribution in [3.8, 4) is 0 Å². The minimum atomic E-state index is -1.45. The van der Waals surface area contributed by atoms with E-state index in [1.165, 1.54) is 6.07 Å². The molecule has 3 aliphatic heterocycles. The first kappa shape index (κ1) is 26.0. The number of para-hydroxylation sites is 1. The molecule has 0 unspecified atom stereocenters. The lowest BCUT2D eigenvalue weighted by atomic mass is 9.62. The Morgan fingerprint density at radius 1 is 0.780 bits per heavy atom. The van der Waals surface area contributed by atoms with Gasteiger partial charge in [-0.2, -0.15) is 0 Å². The Balaban J connectivity index is 1.56. The number of Topliss-reactive ketones (excluding diaryl/α,β-unsaturated/α-hetero) is 2. The van der Waals surface area contributed by atoms with Gasteiger partial charge >= 0.3 is 0 Å². The second-order valence-corrected chi connectivity index (χ2v) is 11.7. The lowest BCUT2D eigenvalue weighted by Crippen LogP contribution is -2.49. The van der Waals surface area contributed by atoms with Crippen molar-refractivity contribution in [2.75, 3.05) is 5.32 Å². The largest absolute Gasteiger partial charge is 0.358 e. The van der Waals surface area contributed by atoms with Gasteiger partial charge < -0.3 is 10.2 Å². The van der Waals surface area contributed by atoms with Crippen LogP contribution in [0.1, 0.15) is 43.4 Å². The molecule has 8 heteroatoms. The Labute approximate surface area is 251 Å². The number of carbonyl (C=O) groups excluding carboxylic acids is 3. The molecule has 0 aliphatic carbocycles. The molecule has 0 saturated carbocycles. The maximum Gasteiger partial charge on any atom is 0.238 e. The number of carbonyl (C=O) groups is 3. The molecule has 1 fully saturated rings. The van der Waals surface area contributed by atoms with E-state index < -0.39 is 29.2 Å². The van der Waals surface area contributed by atoms with Gasteiger partial charge in [-0.25, -0.2) is 0 Å². The average molecular weight is 600 g/mol. The fourth-order valence-electron chi connectivity index (χ4n) is 6.84. The Hall–Kier alpha value is -3.90. The fourth-order valence-corrected chi connectivity index (χ4v) is 7.58. The number of rotatable bonds is 4. The van der Waals surface area contributed by atoms with Crippen LogP contribution in [-0.4, -0.2) is 28.4 Å². The van der Waals surface area contributed by atoms with Gasteiger partial charge in [0, 0.05) is 28.0 Å². The molecule has 1 amide bonds. The number of benzene rings is 4. The van der Waals surface area contributed by atoms with Crippen molar-refractivity contribution in [1.29, 1.82) is 0 Å². The third kappa shape index (κ3) is 3.66. The lowest BCUT2D eigenvalue weighted by Gasteiger charge is -2.38. The van der Waals surface area contributed by atoms with Gasteiger partial charge in [-0.1, -0.05) is 89.4 Å². The number of fused-ring (bicyclic) bond motifs is 6. The highest BCUT2D eigenvalue weighted by Crippen LogP contribution is 2.62. The van der Waals surface area contributed by atoms with E-state index in [0.29, 0.717) is 16.3 Å². The molecule has 7 rings (SSSR count). The van der Waals surface area contributed by atoms with E-state index in [9.17, 15) is 14.4 Å².